The molecule has 0 aromatic heterocycles. The van der Waals surface area contributed by atoms with E-state index in [2.05, 4.69) is 6.92 Å². The van der Waals surface area contributed by atoms with Crippen LogP contribution in [0.25, 0.3) is 0 Å². The molecular formula is C10H18F3NS. The zero-order chi connectivity index (χ0) is 11.5. The van der Waals surface area contributed by atoms with Gasteiger partial charge in [0.15, 0.2) is 0 Å². The van der Waals surface area contributed by atoms with Gasteiger partial charge in [-0.25, -0.2) is 0 Å². The molecule has 0 saturated heterocycles. The predicted molar refractivity (Wildman–Crippen MR) is 57.6 cm³/mol. The standard InChI is InChI=1S/C10H18F3NS/c1-8-2-3-9(6-8,7-14)4-5-15-10(11,12)13/h8H,2-7,14H2,1H3. The summed E-state index contributed by atoms with van der Waals surface area (Å²) in [5.41, 5.74) is 1.58. The highest BCUT2D eigenvalue weighted by Crippen LogP contribution is 2.45. The van der Waals surface area contributed by atoms with E-state index in [0.717, 1.165) is 19.3 Å². The number of halogens is 3. The van der Waals surface area contributed by atoms with Crippen molar-refractivity contribution < 1.29 is 13.2 Å². The second-order valence-corrected chi connectivity index (χ2v) is 5.76. The summed E-state index contributed by atoms with van der Waals surface area (Å²) < 4.78 is 35.9. The highest BCUT2D eigenvalue weighted by molar-refractivity contribution is 8.00. The van der Waals surface area contributed by atoms with Crippen LogP contribution in [0.3, 0.4) is 0 Å². The van der Waals surface area contributed by atoms with E-state index < -0.39 is 5.51 Å². The molecule has 5 heteroatoms. The largest absolute Gasteiger partial charge is 0.441 e. The van der Waals surface area contributed by atoms with Gasteiger partial charge >= 0.3 is 5.51 Å². The Bertz CT molecular complexity index is 207. The van der Waals surface area contributed by atoms with Gasteiger partial charge in [0.25, 0.3) is 0 Å². The smallest absolute Gasteiger partial charge is 0.330 e. The van der Waals surface area contributed by atoms with Crippen LogP contribution in [0.5, 0.6) is 0 Å². The van der Waals surface area contributed by atoms with Crippen molar-refractivity contribution in [3.8, 4) is 0 Å². The number of hydrogen-bond acceptors (Lipinski definition) is 2. The van der Waals surface area contributed by atoms with Gasteiger partial charge in [-0.3, -0.25) is 0 Å². The molecule has 0 aromatic carbocycles. The number of hydrogen-bond donors (Lipinski definition) is 1. The monoisotopic (exact) mass is 241 g/mol. The van der Waals surface area contributed by atoms with Crippen molar-refractivity contribution in [2.24, 2.45) is 17.1 Å². The van der Waals surface area contributed by atoms with Gasteiger partial charge in [-0.2, -0.15) is 13.2 Å². The lowest BCUT2D eigenvalue weighted by Crippen LogP contribution is -2.28. The minimum atomic E-state index is -4.10. The van der Waals surface area contributed by atoms with Gasteiger partial charge in [0.1, 0.15) is 0 Å². The third kappa shape index (κ3) is 4.23. The van der Waals surface area contributed by atoms with Crippen LogP contribution < -0.4 is 5.73 Å². The fraction of sp³-hybridized carbons (Fsp3) is 1.00. The van der Waals surface area contributed by atoms with E-state index in [1.807, 2.05) is 0 Å². The highest BCUT2D eigenvalue weighted by atomic mass is 32.2. The van der Waals surface area contributed by atoms with E-state index in [1.165, 1.54) is 0 Å². The minimum Gasteiger partial charge on any atom is -0.330 e. The molecule has 90 valence electrons. The van der Waals surface area contributed by atoms with Crippen molar-refractivity contribution in [2.75, 3.05) is 12.3 Å². The molecule has 0 bridgehead atoms. The first-order valence-electron chi connectivity index (χ1n) is 5.28. The van der Waals surface area contributed by atoms with E-state index in [9.17, 15) is 13.2 Å². The average molecular weight is 241 g/mol. The quantitative estimate of drug-likeness (QED) is 0.816. The van der Waals surface area contributed by atoms with Crippen molar-refractivity contribution in [1.29, 1.82) is 0 Å². The molecule has 1 aliphatic rings. The van der Waals surface area contributed by atoms with E-state index in [-0.39, 0.29) is 22.9 Å². The first kappa shape index (κ1) is 13.2. The Balaban J connectivity index is 2.35. The normalized spacial score (nSPS) is 32.2. The number of nitrogens with two attached hydrogens (primary N) is 1. The summed E-state index contributed by atoms with van der Waals surface area (Å²) in [7, 11) is 0. The van der Waals surface area contributed by atoms with Gasteiger partial charge in [0.2, 0.25) is 0 Å². The molecule has 0 heterocycles. The van der Waals surface area contributed by atoms with Crippen LogP contribution in [-0.2, 0) is 0 Å². The van der Waals surface area contributed by atoms with E-state index in [1.54, 1.807) is 0 Å². The molecule has 1 aliphatic carbocycles. The summed E-state index contributed by atoms with van der Waals surface area (Å²) in [6.45, 7) is 2.67. The van der Waals surface area contributed by atoms with Crippen molar-refractivity contribution >= 4 is 11.8 Å². The van der Waals surface area contributed by atoms with Crippen LogP contribution in [0.2, 0.25) is 0 Å². The third-order valence-corrected chi connectivity index (χ3v) is 4.02. The Morgan fingerprint density at radius 2 is 2.13 bits per heavy atom. The van der Waals surface area contributed by atoms with Crippen LogP contribution in [-0.4, -0.2) is 17.8 Å². The van der Waals surface area contributed by atoms with Gasteiger partial charge in [0.05, 0.1) is 0 Å². The summed E-state index contributed by atoms with van der Waals surface area (Å²) in [5, 5.41) is 0. The van der Waals surface area contributed by atoms with Crippen molar-refractivity contribution in [3.05, 3.63) is 0 Å². The Hall–Kier alpha value is 0.100. The maximum absolute atomic E-state index is 12.0. The van der Waals surface area contributed by atoms with Crippen LogP contribution in [0.1, 0.15) is 32.6 Å². The Labute approximate surface area is 93.0 Å². The summed E-state index contributed by atoms with van der Waals surface area (Å²) >= 11 is 0.0800. The van der Waals surface area contributed by atoms with Crippen molar-refractivity contribution in [1.82, 2.24) is 0 Å². The maximum atomic E-state index is 12.0. The van der Waals surface area contributed by atoms with Gasteiger partial charge in [-0.05, 0) is 37.1 Å². The molecule has 0 aliphatic heterocycles. The molecule has 0 amide bonds. The molecule has 2 unspecified atom stereocenters. The lowest BCUT2D eigenvalue weighted by Gasteiger charge is -2.27. The van der Waals surface area contributed by atoms with Crippen LogP contribution >= 0.6 is 11.8 Å². The molecule has 0 radical (unpaired) electrons. The van der Waals surface area contributed by atoms with E-state index in [4.69, 9.17) is 5.73 Å². The highest BCUT2D eigenvalue weighted by Gasteiger charge is 2.37. The van der Waals surface area contributed by atoms with Crippen LogP contribution in [0.4, 0.5) is 13.2 Å². The maximum Gasteiger partial charge on any atom is 0.441 e. The van der Waals surface area contributed by atoms with E-state index in [0.29, 0.717) is 18.9 Å². The molecule has 1 rings (SSSR count). The summed E-state index contributed by atoms with van der Waals surface area (Å²) in [6, 6.07) is 0. The fourth-order valence-corrected chi connectivity index (χ4v) is 3.16. The number of alkyl halides is 3. The molecule has 2 atom stereocenters. The van der Waals surface area contributed by atoms with Crippen molar-refractivity contribution in [3.63, 3.8) is 0 Å². The third-order valence-electron chi connectivity index (χ3n) is 3.28. The van der Waals surface area contributed by atoms with Gasteiger partial charge in [-0.15, -0.1) is 0 Å². The second-order valence-electron chi connectivity index (χ2n) is 4.60. The zero-order valence-electron chi connectivity index (χ0n) is 8.94. The predicted octanol–water partition coefficient (Wildman–Crippen LogP) is 3.39. The molecule has 1 fully saturated rings. The van der Waals surface area contributed by atoms with Crippen molar-refractivity contribution in [2.45, 2.75) is 38.1 Å². The van der Waals surface area contributed by atoms with Gasteiger partial charge < -0.3 is 5.73 Å². The summed E-state index contributed by atoms with van der Waals surface area (Å²) in [6.07, 6.45) is 3.68. The lowest BCUT2D eigenvalue weighted by molar-refractivity contribution is -0.0329. The first-order chi connectivity index (χ1) is 6.87. The van der Waals surface area contributed by atoms with Gasteiger partial charge in [0, 0.05) is 5.75 Å². The zero-order valence-corrected chi connectivity index (χ0v) is 9.76. The summed E-state index contributed by atoms with van der Waals surface area (Å²) in [5.74, 6) is 0.761. The Kier molecular flexibility index (Phi) is 4.35. The lowest BCUT2D eigenvalue weighted by atomic mass is 9.83. The molecule has 0 spiro atoms. The fourth-order valence-electron chi connectivity index (χ4n) is 2.39. The molecular weight excluding hydrogens is 223 g/mol. The number of thioether (sulfide) groups is 1. The van der Waals surface area contributed by atoms with Gasteiger partial charge in [-0.1, -0.05) is 25.1 Å². The topological polar surface area (TPSA) is 26.0 Å². The SMILES string of the molecule is CC1CCC(CN)(CCSC(F)(F)F)C1. The molecule has 1 saturated carbocycles. The van der Waals surface area contributed by atoms with E-state index >= 15 is 0 Å². The molecule has 2 N–H and O–H groups in total. The van der Waals surface area contributed by atoms with Crippen LogP contribution in [0.15, 0.2) is 0 Å². The Morgan fingerprint density at radius 1 is 1.47 bits per heavy atom. The second kappa shape index (κ2) is 4.95. The first-order valence-corrected chi connectivity index (χ1v) is 6.26. The average Bonchev–Trinajstić information content (AvgIpc) is 2.46. The van der Waals surface area contributed by atoms with Crippen LogP contribution in [0, 0.1) is 11.3 Å². The summed E-state index contributed by atoms with van der Waals surface area (Å²) in [4.78, 5) is 0. The molecule has 1 nitrogen and oxygen atoms in total. The number of rotatable bonds is 4. The molecule has 0 aromatic rings. The molecule has 15 heavy (non-hydrogen) atoms. The minimum absolute atomic E-state index is 0.0162. The Morgan fingerprint density at radius 3 is 2.53 bits per heavy atom.